The summed E-state index contributed by atoms with van der Waals surface area (Å²) in [4.78, 5) is 26.5. The van der Waals surface area contributed by atoms with E-state index < -0.39 is 11.9 Å². The van der Waals surface area contributed by atoms with Crippen LogP contribution >= 0.6 is 0 Å². The molecule has 5 heteroatoms. The highest BCUT2D eigenvalue weighted by molar-refractivity contribution is 5.81. The Morgan fingerprint density at radius 1 is 1.39 bits per heavy atom. The molecule has 1 N–H and O–H groups in total. The van der Waals surface area contributed by atoms with Crippen molar-refractivity contribution in [1.29, 1.82) is 0 Å². The molecule has 0 radical (unpaired) electrons. The lowest BCUT2D eigenvalue weighted by atomic mass is 9.96. The number of carbonyl (C=O) groups excluding carboxylic acids is 1. The molecule has 0 aromatic carbocycles. The number of hydrogen-bond acceptors (Lipinski definition) is 3. The first kappa shape index (κ1) is 15.0. The Labute approximate surface area is 109 Å². The predicted octanol–water partition coefficient (Wildman–Crippen LogP) is 0.897. The van der Waals surface area contributed by atoms with Crippen molar-refractivity contribution in [3.8, 4) is 0 Å². The zero-order valence-corrected chi connectivity index (χ0v) is 11.6. The Morgan fingerprint density at radius 2 is 1.94 bits per heavy atom. The second-order valence-corrected chi connectivity index (χ2v) is 5.46. The highest BCUT2D eigenvalue weighted by Gasteiger charge is 2.22. The van der Waals surface area contributed by atoms with Crippen LogP contribution in [-0.2, 0) is 9.59 Å². The van der Waals surface area contributed by atoms with Crippen molar-refractivity contribution in [2.45, 2.75) is 26.2 Å². The summed E-state index contributed by atoms with van der Waals surface area (Å²) in [6.45, 7) is 4.49. The average molecular weight is 256 g/mol. The Bertz CT molecular complexity index is 299. The highest BCUT2D eigenvalue weighted by atomic mass is 16.4. The molecule has 1 saturated heterocycles. The molecule has 0 saturated carbocycles. The molecule has 1 rings (SSSR count). The van der Waals surface area contributed by atoms with Crippen molar-refractivity contribution in [2.75, 3.05) is 33.7 Å². The maximum absolute atomic E-state index is 11.8. The van der Waals surface area contributed by atoms with Crippen molar-refractivity contribution in [3.63, 3.8) is 0 Å². The summed E-state index contributed by atoms with van der Waals surface area (Å²) in [6.07, 6.45) is 2.32. The Hall–Kier alpha value is -1.10. The first-order valence-corrected chi connectivity index (χ1v) is 6.55. The van der Waals surface area contributed by atoms with Gasteiger partial charge in [-0.3, -0.25) is 9.59 Å². The molecular formula is C13H24N2O3. The minimum Gasteiger partial charge on any atom is -0.481 e. The number of carboxylic acids is 1. The van der Waals surface area contributed by atoms with Gasteiger partial charge in [0.05, 0.1) is 5.92 Å². The Morgan fingerprint density at radius 3 is 2.44 bits per heavy atom. The normalized spacial score (nSPS) is 19.5. The molecule has 0 bridgehead atoms. The van der Waals surface area contributed by atoms with Crippen molar-refractivity contribution in [1.82, 2.24) is 9.80 Å². The van der Waals surface area contributed by atoms with E-state index in [-0.39, 0.29) is 12.3 Å². The molecule has 1 aliphatic rings. The van der Waals surface area contributed by atoms with E-state index in [1.165, 1.54) is 0 Å². The smallest absolute Gasteiger partial charge is 0.306 e. The Kier molecular flexibility index (Phi) is 5.59. The minimum atomic E-state index is -0.906. The van der Waals surface area contributed by atoms with Crippen LogP contribution in [0.25, 0.3) is 0 Å². The fourth-order valence-electron chi connectivity index (χ4n) is 2.24. The molecule has 18 heavy (non-hydrogen) atoms. The van der Waals surface area contributed by atoms with Crippen LogP contribution in [0.5, 0.6) is 0 Å². The molecule has 0 aromatic heterocycles. The van der Waals surface area contributed by atoms with Gasteiger partial charge in [0.15, 0.2) is 0 Å². The van der Waals surface area contributed by atoms with Crippen LogP contribution in [0.3, 0.4) is 0 Å². The largest absolute Gasteiger partial charge is 0.481 e. The van der Waals surface area contributed by atoms with Crippen LogP contribution in [0.1, 0.15) is 26.2 Å². The molecule has 1 fully saturated rings. The van der Waals surface area contributed by atoms with Gasteiger partial charge in [-0.05, 0) is 38.9 Å². The van der Waals surface area contributed by atoms with Gasteiger partial charge in [-0.2, -0.15) is 0 Å². The minimum absolute atomic E-state index is 0.0659. The quantitative estimate of drug-likeness (QED) is 0.794. The zero-order valence-electron chi connectivity index (χ0n) is 11.6. The van der Waals surface area contributed by atoms with Crippen LogP contribution < -0.4 is 0 Å². The number of amides is 1. The predicted molar refractivity (Wildman–Crippen MR) is 69.3 cm³/mol. The van der Waals surface area contributed by atoms with Gasteiger partial charge < -0.3 is 14.9 Å². The van der Waals surface area contributed by atoms with E-state index in [1.807, 2.05) is 0 Å². The average Bonchev–Trinajstić information content (AvgIpc) is 2.31. The first-order valence-electron chi connectivity index (χ1n) is 6.55. The lowest BCUT2D eigenvalue weighted by Gasteiger charge is -2.31. The number of hydrogen-bond donors (Lipinski definition) is 1. The van der Waals surface area contributed by atoms with Gasteiger partial charge >= 0.3 is 5.97 Å². The number of likely N-dealkylation sites (tertiary alicyclic amines) is 1. The Balaban J connectivity index is 2.33. The summed E-state index contributed by atoms with van der Waals surface area (Å²) in [7, 11) is 3.88. The van der Waals surface area contributed by atoms with Crippen molar-refractivity contribution in [3.05, 3.63) is 0 Å². The monoisotopic (exact) mass is 256 g/mol. The standard InChI is InChI=1S/C13H24N2O3/c1-10(13(17)18)8-12(16)15(3)9-11-4-6-14(2)7-5-11/h10-11H,4-9H2,1-3H3,(H,17,18). The second-order valence-electron chi connectivity index (χ2n) is 5.46. The molecule has 1 amide bonds. The topological polar surface area (TPSA) is 60.9 Å². The van der Waals surface area contributed by atoms with E-state index in [4.69, 9.17) is 5.11 Å². The number of aliphatic carboxylic acids is 1. The number of rotatable bonds is 5. The molecule has 1 unspecified atom stereocenters. The summed E-state index contributed by atoms with van der Waals surface area (Å²) in [5.74, 6) is -1.02. The van der Waals surface area contributed by atoms with Gasteiger partial charge in [0.25, 0.3) is 0 Å². The first-order chi connectivity index (χ1) is 8.40. The van der Waals surface area contributed by atoms with Crippen molar-refractivity contribution >= 4 is 11.9 Å². The molecule has 0 spiro atoms. The molecule has 0 aromatic rings. The van der Waals surface area contributed by atoms with E-state index in [0.29, 0.717) is 5.92 Å². The van der Waals surface area contributed by atoms with Gasteiger partial charge in [-0.25, -0.2) is 0 Å². The van der Waals surface area contributed by atoms with Crippen LogP contribution in [0.2, 0.25) is 0 Å². The number of nitrogens with zero attached hydrogens (tertiary/aromatic N) is 2. The molecule has 1 atom stereocenters. The van der Waals surface area contributed by atoms with E-state index in [1.54, 1.807) is 18.9 Å². The van der Waals surface area contributed by atoms with Crippen molar-refractivity contribution < 1.29 is 14.7 Å². The van der Waals surface area contributed by atoms with Gasteiger partial charge in [0.2, 0.25) is 5.91 Å². The van der Waals surface area contributed by atoms with Crippen LogP contribution in [0, 0.1) is 11.8 Å². The third kappa shape index (κ3) is 4.64. The summed E-state index contributed by atoms with van der Waals surface area (Å²) in [5, 5.41) is 8.79. The maximum atomic E-state index is 11.8. The summed E-state index contributed by atoms with van der Waals surface area (Å²) >= 11 is 0. The van der Waals surface area contributed by atoms with E-state index in [0.717, 1.165) is 32.5 Å². The number of carboxylic acid groups (broad SMARTS) is 1. The van der Waals surface area contributed by atoms with Gasteiger partial charge in [-0.1, -0.05) is 6.92 Å². The van der Waals surface area contributed by atoms with Crippen LogP contribution in [0.4, 0.5) is 0 Å². The summed E-state index contributed by atoms with van der Waals surface area (Å²) in [6, 6.07) is 0. The van der Waals surface area contributed by atoms with E-state index in [2.05, 4.69) is 11.9 Å². The van der Waals surface area contributed by atoms with Crippen LogP contribution in [-0.4, -0.2) is 60.5 Å². The lowest BCUT2D eigenvalue weighted by molar-refractivity contribution is -0.145. The number of carbonyl (C=O) groups is 2. The maximum Gasteiger partial charge on any atom is 0.306 e. The van der Waals surface area contributed by atoms with Crippen molar-refractivity contribution in [2.24, 2.45) is 11.8 Å². The van der Waals surface area contributed by atoms with Gasteiger partial charge in [0, 0.05) is 20.0 Å². The third-order valence-corrected chi connectivity index (χ3v) is 3.70. The van der Waals surface area contributed by atoms with E-state index >= 15 is 0 Å². The summed E-state index contributed by atoms with van der Waals surface area (Å²) < 4.78 is 0. The molecule has 0 aliphatic carbocycles. The SMILES string of the molecule is CC(CC(=O)N(C)CC1CCN(C)CC1)C(=O)O. The second kappa shape index (κ2) is 6.73. The lowest BCUT2D eigenvalue weighted by Crippen LogP contribution is -2.38. The van der Waals surface area contributed by atoms with Gasteiger partial charge in [-0.15, -0.1) is 0 Å². The number of piperidine rings is 1. The van der Waals surface area contributed by atoms with E-state index in [9.17, 15) is 9.59 Å². The van der Waals surface area contributed by atoms with Crippen LogP contribution in [0.15, 0.2) is 0 Å². The molecular weight excluding hydrogens is 232 g/mol. The molecule has 1 heterocycles. The fourth-order valence-corrected chi connectivity index (χ4v) is 2.24. The molecule has 1 aliphatic heterocycles. The fraction of sp³-hybridized carbons (Fsp3) is 0.846. The zero-order chi connectivity index (χ0) is 13.7. The van der Waals surface area contributed by atoms with Gasteiger partial charge in [0.1, 0.15) is 0 Å². The third-order valence-electron chi connectivity index (χ3n) is 3.70. The summed E-state index contributed by atoms with van der Waals surface area (Å²) in [5.41, 5.74) is 0. The highest BCUT2D eigenvalue weighted by Crippen LogP contribution is 2.17. The molecule has 104 valence electrons. The molecule has 5 nitrogen and oxygen atoms in total.